The zero-order valence-electron chi connectivity index (χ0n) is 16.7. The van der Waals surface area contributed by atoms with Gasteiger partial charge >= 0.3 is 0 Å². The zero-order valence-corrected chi connectivity index (χ0v) is 16.7. The van der Waals surface area contributed by atoms with Gasteiger partial charge in [0.05, 0.1) is 6.33 Å². The van der Waals surface area contributed by atoms with E-state index in [1.807, 2.05) is 6.33 Å². The second kappa shape index (κ2) is 7.95. The predicted octanol–water partition coefficient (Wildman–Crippen LogP) is 2.61. The molecule has 7 nitrogen and oxygen atoms in total. The van der Waals surface area contributed by atoms with E-state index in [4.69, 9.17) is 4.98 Å². The number of aliphatic hydroxyl groups is 1. The highest BCUT2D eigenvalue weighted by Gasteiger charge is 2.30. The Kier molecular flexibility index (Phi) is 5.20. The minimum Gasteiger partial charge on any atom is -0.396 e. The van der Waals surface area contributed by atoms with Crippen LogP contribution in [0.15, 0.2) is 12.7 Å². The van der Waals surface area contributed by atoms with Crippen molar-refractivity contribution in [3.05, 3.63) is 12.7 Å². The van der Waals surface area contributed by atoms with Crippen LogP contribution in [0.4, 0.5) is 5.82 Å². The molecule has 2 aromatic heterocycles. The van der Waals surface area contributed by atoms with Crippen LogP contribution >= 0.6 is 0 Å². The highest BCUT2D eigenvalue weighted by Crippen LogP contribution is 2.35. The highest BCUT2D eigenvalue weighted by atomic mass is 16.3. The number of likely N-dealkylation sites (tertiary alicyclic amines) is 1. The van der Waals surface area contributed by atoms with Crippen molar-refractivity contribution in [3.8, 4) is 0 Å². The summed E-state index contributed by atoms with van der Waals surface area (Å²) in [7, 11) is 0. The van der Waals surface area contributed by atoms with E-state index in [2.05, 4.69) is 24.3 Å². The van der Waals surface area contributed by atoms with Crippen LogP contribution in [-0.4, -0.2) is 68.4 Å². The van der Waals surface area contributed by atoms with E-state index < -0.39 is 0 Å². The van der Waals surface area contributed by atoms with Crippen LogP contribution in [-0.2, 0) is 0 Å². The minimum atomic E-state index is 0.287. The van der Waals surface area contributed by atoms with Gasteiger partial charge in [-0.25, -0.2) is 15.0 Å². The maximum absolute atomic E-state index is 9.59. The molecule has 0 aromatic carbocycles. The molecule has 0 radical (unpaired) electrons. The summed E-state index contributed by atoms with van der Waals surface area (Å²) in [5.41, 5.74) is 1.90. The Morgan fingerprint density at radius 1 is 0.929 bits per heavy atom. The number of piperidine rings is 1. The molecule has 3 atom stereocenters. The van der Waals surface area contributed by atoms with Gasteiger partial charge in [0.2, 0.25) is 0 Å². The normalized spacial score (nSPS) is 29.6. The van der Waals surface area contributed by atoms with Crippen molar-refractivity contribution in [1.82, 2.24) is 24.4 Å². The number of hydrogen-bond acceptors (Lipinski definition) is 6. The van der Waals surface area contributed by atoms with E-state index in [-0.39, 0.29) is 6.61 Å². The van der Waals surface area contributed by atoms with Crippen molar-refractivity contribution in [3.63, 3.8) is 0 Å². The number of nitrogens with zero attached hydrogens (tertiary/aromatic N) is 6. The van der Waals surface area contributed by atoms with Crippen LogP contribution < -0.4 is 4.90 Å². The standard InChI is InChI=1S/C21H32N6O/c28-13-16-5-3-6-17(11-16)27-15-24-19-20(22-14-23-21(19)27)26-10-4-7-18(12-26)25-8-1-2-9-25/h14-18,28H,1-13H2/t16-,17+,18?/m1/s1. The van der Waals surface area contributed by atoms with E-state index in [0.717, 1.165) is 55.8 Å². The Bertz CT molecular complexity index is 801. The lowest BCUT2D eigenvalue weighted by atomic mass is 9.86. The summed E-state index contributed by atoms with van der Waals surface area (Å²) >= 11 is 0. The first-order valence-corrected chi connectivity index (χ1v) is 11.1. The van der Waals surface area contributed by atoms with Gasteiger partial charge < -0.3 is 14.6 Å². The molecule has 2 saturated heterocycles. The first-order chi connectivity index (χ1) is 13.8. The number of imidazole rings is 1. The van der Waals surface area contributed by atoms with Gasteiger partial charge in [-0.05, 0) is 64.0 Å². The summed E-state index contributed by atoms with van der Waals surface area (Å²) in [5.74, 6) is 1.41. The topological polar surface area (TPSA) is 70.3 Å². The van der Waals surface area contributed by atoms with Crippen molar-refractivity contribution < 1.29 is 5.11 Å². The van der Waals surface area contributed by atoms with Crippen molar-refractivity contribution in [2.24, 2.45) is 5.92 Å². The molecule has 1 saturated carbocycles. The summed E-state index contributed by atoms with van der Waals surface area (Å²) in [4.78, 5) is 19.1. The summed E-state index contributed by atoms with van der Waals surface area (Å²) in [6.45, 7) is 4.89. The van der Waals surface area contributed by atoms with Crippen LogP contribution in [0.3, 0.4) is 0 Å². The Morgan fingerprint density at radius 2 is 1.79 bits per heavy atom. The quantitative estimate of drug-likeness (QED) is 0.874. The third kappa shape index (κ3) is 3.39. The fourth-order valence-electron chi connectivity index (χ4n) is 5.57. The maximum Gasteiger partial charge on any atom is 0.165 e. The lowest BCUT2D eigenvalue weighted by Crippen LogP contribution is -2.47. The largest absolute Gasteiger partial charge is 0.396 e. The Morgan fingerprint density at radius 3 is 2.64 bits per heavy atom. The minimum absolute atomic E-state index is 0.287. The fourth-order valence-corrected chi connectivity index (χ4v) is 5.57. The molecule has 4 heterocycles. The maximum atomic E-state index is 9.59. The lowest BCUT2D eigenvalue weighted by molar-refractivity contribution is 0.163. The van der Waals surface area contributed by atoms with Crippen LogP contribution in [0.1, 0.15) is 57.4 Å². The molecular formula is C21H32N6O. The van der Waals surface area contributed by atoms with Gasteiger partial charge in [-0.2, -0.15) is 0 Å². The molecular weight excluding hydrogens is 352 g/mol. The molecule has 1 N–H and O–H groups in total. The molecule has 1 unspecified atom stereocenters. The van der Waals surface area contributed by atoms with Gasteiger partial charge in [-0.15, -0.1) is 0 Å². The van der Waals surface area contributed by atoms with Gasteiger partial charge in [0.15, 0.2) is 17.0 Å². The number of rotatable bonds is 4. The molecule has 5 rings (SSSR count). The van der Waals surface area contributed by atoms with Crippen LogP contribution in [0.5, 0.6) is 0 Å². The Labute approximate surface area is 166 Å². The molecule has 1 aliphatic carbocycles. The Balaban J connectivity index is 1.40. The molecule has 0 bridgehead atoms. The summed E-state index contributed by atoms with van der Waals surface area (Å²) in [5, 5.41) is 9.59. The van der Waals surface area contributed by atoms with E-state index in [9.17, 15) is 5.11 Å². The van der Waals surface area contributed by atoms with E-state index >= 15 is 0 Å². The highest BCUT2D eigenvalue weighted by molar-refractivity contribution is 5.83. The molecule has 2 aliphatic heterocycles. The first-order valence-electron chi connectivity index (χ1n) is 11.1. The van der Waals surface area contributed by atoms with Crippen molar-refractivity contribution >= 4 is 17.0 Å². The van der Waals surface area contributed by atoms with E-state index in [1.54, 1.807) is 6.33 Å². The second-order valence-corrected chi connectivity index (χ2v) is 8.88. The lowest BCUT2D eigenvalue weighted by Gasteiger charge is -2.38. The SMILES string of the molecule is OC[C@@H]1CCC[C@H](n2cnc3c(N4CCCC(N5CCCC5)C4)ncnc32)C1. The third-order valence-electron chi connectivity index (χ3n) is 7.10. The van der Waals surface area contributed by atoms with Crippen molar-refractivity contribution in [2.75, 3.05) is 37.7 Å². The molecule has 3 fully saturated rings. The second-order valence-electron chi connectivity index (χ2n) is 8.88. The van der Waals surface area contributed by atoms with Gasteiger partial charge in [0, 0.05) is 31.8 Å². The number of aromatic nitrogens is 4. The van der Waals surface area contributed by atoms with Crippen molar-refractivity contribution in [1.29, 1.82) is 0 Å². The molecule has 0 amide bonds. The molecule has 2 aromatic rings. The Hall–Kier alpha value is -1.73. The first kappa shape index (κ1) is 18.3. The van der Waals surface area contributed by atoms with Gasteiger partial charge in [0.25, 0.3) is 0 Å². The predicted molar refractivity (Wildman–Crippen MR) is 109 cm³/mol. The van der Waals surface area contributed by atoms with Crippen LogP contribution in [0.2, 0.25) is 0 Å². The van der Waals surface area contributed by atoms with Crippen LogP contribution in [0.25, 0.3) is 11.2 Å². The molecule has 7 heteroatoms. The smallest absolute Gasteiger partial charge is 0.165 e. The third-order valence-corrected chi connectivity index (χ3v) is 7.10. The number of hydrogen-bond donors (Lipinski definition) is 1. The fraction of sp³-hybridized carbons (Fsp3) is 0.762. The molecule has 0 spiro atoms. The molecule has 3 aliphatic rings. The van der Waals surface area contributed by atoms with Gasteiger partial charge in [-0.3, -0.25) is 4.90 Å². The average molecular weight is 385 g/mol. The van der Waals surface area contributed by atoms with E-state index in [0.29, 0.717) is 18.0 Å². The van der Waals surface area contributed by atoms with Crippen molar-refractivity contribution in [2.45, 2.75) is 63.5 Å². The molecule has 152 valence electrons. The summed E-state index contributed by atoms with van der Waals surface area (Å²) in [6.07, 6.45) is 13.3. The number of fused-ring (bicyclic) bond motifs is 1. The van der Waals surface area contributed by atoms with Gasteiger partial charge in [-0.1, -0.05) is 6.42 Å². The average Bonchev–Trinajstić information content (AvgIpc) is 3.44. The van der Waals surface area contributed by atoms with Gasteiger partial charge in [0.1, 0.15) is 6.33 Å². The summed E-state index contributed by atoms with van der Waals surface area (Å²) < 4.78 is 2.24. The summed E-state index contributed by atoms with van der Waals surface area (Å²) in [6, 6.07) is 1.03. The monoisotopic (exact) mass is 384 g/mol. The zero-order chi connectivity index (χ0) is 18.9. The van der Waals surface area contributed by atoms with E-state index in [1.165, 1.54) is 38.8 Å². The number of anilines is 1. The molecule has 28 heavy (non-hydrogen) atoms. The van der Waals surface area contributed by atoms with Crippen LogP contribution in [0, 0.1) is 5.92 Å². The number of aliphatic hydroxyl groups excluding tert-OH is 1.